The highest BCUT2D eigenvalue weighted by molar-refractivity contribution is 6.04. The Morgan fingerprint density at radius 1 is 0.939 bits per heavy atom. The van der Waals surface area contributed by atoms with Gasteiger partial charge in [-0.15, -0.1) is 0 Å². The lowest BCUT2D eigenvalue weighted by molar-refractivity contribution is 0.102. The quantitative estimate of drug-likeness (QED) is 0.392. The molecule has 33 heavy (non-hydrogen) atoms. The van der Waals surface area contributed by atoms with E-state index in [0.29, 0.717) is 22.7 Å². The second-order valence-electron chi connectivity index (χ2n) is 7.50. The SMILES string of the molecule is Cn1cc(-c2cc(Oc3cccc(NC(=O)c4ccc(-n5cccc5)cc4)c3)ccn2)cn1. The first-order valence-electron chi connectivity index (χ1n) is 10.4. The Kier molecular flexibility index (Phi) is 5.43. The van der Waals surface area contributed by atoms with Gasteiger partial charge in [0.25, 0.3) is 5.91 Å². The minimum absolute atomic E-state index is 0.186. The van der Waals surface area contributed by atoms with E-state index in [9.17, 15) is 4.79 Å². The van der Waals surface area contributed by atoms with Crippen LogP contribution in [0.5, 0.6) is 11.5 Å². The first-order valence-corrected chi connectivity index (χ1v) is 10.4. The van der Waals surface area contributed by atoms with Gasteiger partial charge in [-0.2, -0.15) is 5.10 Å². The highest BCUT2D eigenvalue weighted by Gasteiger charge is 2.09. The van der Waals surface area contributed by atoms with Gasteiger partial charge in [-0.1, -0.05) is 6.07 Å². The number of benzene rings is 2. The van der Waals surface area contributed by atoms with Crippen LogP contribution in [0.4, 0.5) is 5.69 Å². The van der Waals surface area contributed by atoms with Crippen molar-refractivity contribution in [1.29, 1.82) is 0 Å². The molecule has 162 valence electrons. The molecular weight excluding hydrogens is 414 g/mol. The topological polar surface area (TPSA) is 74.0 Å². The molecule has 7 nitrogen and oxygen atoms in total. The van der Waals surface area contributed by atoms with Crippen molar-refractivity contribution in [2.24, 2.45) is 7.05 Å². The Hall–Kier alpha value is -4.65. The predicted octanol–water partition coefficient (Wildman–Crippen LogP) is 5.32. The normalized spacial score (nSPS) is 10.7. The van der Waals surface area contributed by atoms with Gasteiger partial charge in [0.1, 0.15) is 11.5 Å². The van der Waals surface area contributed by atoms with Crippen molar-refractivity contribution in [1.82, 2.24) is 19.3 Å². The number of pyridine rings is 1. The van der Waals surface area contributed by atoms with Crippen LogP contribution < -0.4 is 10.1 Å². The zero-order valence-electron chi connectivity index (χ0n) is 17.9. The molecule has 0 aliphatic rings. The van der Waals surface area contributed by atoms with Crippen LogP contribution in [0, 0.1) is 0 Å². The van der Waals surface area contributed by atoms with E-state index in [1.807, 2.05) is 90.9 Å². The maximum absolute atomic E-state index is 12.7. The lowest BCUT2D eigenvalue weighted by Crippen LogP contribution is -2.11. The van der Waals surface area contributed by atoms with Crippen molar-refractivity contribution in [3.8, 4) is 28.4 Å². The number of carbonyl (C=O) groups excluding carboxylic acids is 1. The van der Waals surface area contributed by atoms with Crippen molar-refractivity contribution in [2.75, 3.05) is 5.32 Å². The van der Waals surface area contributed by atoms with E-state index in [2.05, 4.69) is 15.4 Å². The van der Waals surface area contributed by atoms with Gasteiger partial charge in [-0.25, -0.2) is 0 Å². The van der Waals surface area contributed by atoms with Crippen LogP contribution in [-0.4, -0.2) is 25.2 Å². The fourth-order valence-electron chi connectivity index (χ4n) is 3.45. The van der Waals surface area contributed by atoms with Gasteiger partial charge in [0.05, 0.1) is 11.9 Å². The molecule has 0 saturated carbocycles. The summed E-state index contributed by atoms with van der Waals surface area (Å²) in [5.41, 5.74) is 3.90. The Morgan fingerprint density at radius 3 is 2.48 bits per heavy atom. The van der Waals surface area contributed by atoms with Crippen LogP contribution in [-0.2, 0) is 7.05 Å². The number of aromatic nitrogens is 4. The van der Waals surface area contributed by atoms with E-state index in [0.717, 1.165) is 16.9 Å². The highest BCUT2D eigenvalue weighted by Crippen LogP contribution is 2.27. The molecule has 5 rings (SSSR count). The number of hydrogen-bond acceptors (Lipinski definition) is 4. The van der Waals surface area contributed by atoms with Gasteiger partial charge < -0.3 is 14.6 Å². The molecule has 1 amide bonds. The molecule has 0 aliphatic carbocycles. The van der Waals surface area contributed by atoms with Crippen LogP contribution in [0.1, 0.15) is 10.4 Å². The summed E-state index contributed by atoms with van der Waals surface area (Å²) in [6, 6.07) is 22.3. The van der Waals surface area contributed by atoms with E-state index in [1.54, 1.807) is 29.2 Å². The summed E-state index contributed by atoms with van der Waals surface area (Å²) >= 11 is 0. The number of carbonyl (C=O) groups is 1. The van der Waals surface area contributed by atoms with Gasteiger partial charge >= 0.3 is 0 Å². The maximum atomic E-state index is 12.7. The maximum Gasteiger partial charge on any atom is 0.255 e. The van der Waals surface area contributed by atoms with Crippen LogP contribution in [0.3, 0.4) is 0 Å². The summed E-state index contributed by atoms with van der Waals surface area (Å²) in [4.78, 5) is 17.1. The molecule has 0 bridgehead atoms. The zero-order chi connectivity index (χ0) is 22.6. The standard InChI is InChI=1S/C26H21N5O2/c1-30-18-20(17-28-30)25-16-24(11-12-27-25)33-23-6-4-5-21(15-23)29-26(32)19-7-9-22(10-8-19)31-13-2-3-14-31/h2-18H,1H3,(H,29,32). The van der Waals surface area contributed by atoms with E-state index in [4.69, 9.17) is 4.74 Å². The monoisotopic (exact) mass is 435 g/mol. The fraction of sp³-hybridized carbons (Fsp3) is 0.0385. The first kappa shape index (κ1) is 20.3. The summed E-state index contributed by atoms with van der Waals surface area (Å²) in [5.74, 6) is 1.07. The van der Waals surface area contributed by atoms with Gasteiger partial charge in [-0.3, -0.25) is 14.5 Å². The molecular formula is C26H21N5O2. The smallest absolute Gasteiger partial charge is 0.255 e. The first-order chi connectivity index (χ1) is 16.1. The molecule has 0 fully saturated rings. The van der Waals surface area contributed by atoms with Crippen LogP contribution in [0.15, 0.2) is 104 Å². The lowest BCUT2D eigenvalue weighted by Gasteiger charge is -2.10. The van der Waals surface area contributed by atoms with Gasteiger partial charge in [0.15, 0.2) is 0 Å². The Bertz CT molecular complexity index is 1390. The highest BCUT2D eigenvalue weighted by atomic mass is 16.5. The zero-order valence-corrected chi connectivity index (χ0v) is 17.9. The molecule has 0 aliphatic heterocycles. The minimum Gasteiger partial charge on any atom is -0.457 e. The third-order valence-electron chi connectivity index (χ3n) is 5.09. The van der Waals surface area contributed by atoms with Crippen molar-refractivity contribution >= 4 is 11.6 Å². The molecule has 0 radical (unpaired) electrons. The van der Waals surface area contributed by atoms with E-state index in [1.165, 1.54) is 0 Å². The van der Waals surface area contributed by atoms with Crippen LogP contribution >= 0.6 is 0 Å². The van der Waals surface area contributed by atoms with Crippen LogP contribution in [0.25, 0.3) is 16.9 Å². The summed E-state index contributed by atoms with van der Waals surface area (Å²) < 4.78 is 9.73. The molecule has 5 aromatic rings. The van der Waals surface area contributed by atoms with E-state index >= 15 is 0 Å². The number of amides is 1. The van der Waals surface area contributed by atoms with Crippen molar-refractivity contribution < 1.29 is 9.53 Å². The van der Waals surface area contributed by atoms with Crippen LogP contribution in [0.2, 0.25) is 0 Å². The van der Waals surface area contributed by atoms with Gasteiger partial charge in [-0.05, 0) is 54.6 Å². The minimum atomic E-state index is -0.186. The molecule has 0 unspecified atom stereocenters. The van der Waals surface area contributed by atoms with Crippen molar-refractivity contribution in [2.45, 2.75) is 0 Å². The second-order valence-corrected chi connectivity index (χ2v) is 7.50. The summed E-state index contributed by atoms with van der Waals surface area (Å²) in [6.07, 6.45) is 9.27. The number of anilines is 1. The summed E-state index contributed by atoms with van der Waals surface area (Å²) in [6.45, 7) is 0. The molecule has 0 spiro atoms. The number of nitrogens with one attached hydrogen (secondary N) is 1. The Balaban J connectivity index is 1.28. The molecule has 2 aromatic carbocycles. The number of rotatable bonds is 6. The van der Waals surface area contributed by atoms with Crippen molar-refractivity contribution in [3.05, 3.63) is 109 Å². The summed E-state index contributed by atoms with van der Waals surface area (Å²) in [5, 5.41) is 7.11. The molecule has 0 atom stereocenters. The largest absolute Gasteiger partial charge is 0.457 e. The average molecular weight is 435 g/mol. The number of ether oxygens (including phenoxy) is 1. The second kappa shape index (κ2) is 8.84. The predicted molar refractivity (Wildman–Crippen MR) is 127 cm³/mol. The molecule has 1 N–H and O–H groups in total. The van der Waals surface area contributed by atoms with Gasteiger partial charge in [0, 0.05) is 66.5 Å². The molecule has 7 heteroatoms. The third kappa shape index (κ3) is 4.67. The Morgan fingerprint density at radius 2 is 1.73 bits per heavy atom. The summed E-state index contributed by atoms with van der Waals surface area (Å²) in [7, 11) is 1.86. The number of nitrogens with zero attached hydrogens (tertiary/aromatic N) is 4. The molecule has 3 aromatic heterocycles. The van der Waals surface area contributed by atoms with Gasteiger partial charge in [0.2, 0.25) is 0 Å². The average Bonchev–Trinajstić information content (AvgIpc) is 3.52. The number of aryl methyl sites for hydroxylation is 1. The third-order valence-corrected chi connectivity index (χ3v) is 5.09. The van der Waals surface area contributed by atoms with Crippen molar-refractivity contribution in [3.63, 3.8) is 0 Å². The Labute approximate surface area is 190 Å². The lowest BCUT2D eigenvalue weighted by atomic mass is 10.2. The molecule has 0 saturated heterocycles. The van der Waals surface area contributed by atoms with E-state index in [-0.39, 0.29) is 5.91 Å². The number of hydrogen-bond donors (Lipinski definition) is 1. The van der Waals surface area contributed by atoms with E-state index < -0.39 is 0 Å². The fourth-order valence-corrected chi connectivity index (χ4v) is 3.45. The molecule has 3 heterocycles.